The molecule has 0 aliphatic carbocycles. The molecule has 1 aromatic heterocycles. The van der Waals surface area contributed by atoms with E-state index in [2.05, 4.69) is 9.97 Å². The van der Waals surface area contributed by atoms with E-state index in [0.717, 1.165) is 18.5 Å². The van der Waals surface area contributed by atoms with Gasteiger partial charge in [0.05, 0.1) is 19.0 Å². The van der Waals surface area contributed by atoms with Crippen LogP contribution in [0, 0.1) is 5.82 Å². The first-order valence-electron chi connectivity index (χ1n) is 5.35. The third kappa shape index (κ3) is 2.58. The minimum absolute atomic E-state index is 0.0103. The minimum Gasteiger partial charge on any atom is -0.487 e. The smallest absolute Gasteiger partial charge is 0.338 e. The van der Waals surface area contributed by atoms with Crippen molar-refractivity contribution in [1.29, 1.82) is 0 Å². The molecule has 0 unspecified atom stereocenters. The molecule has 0 amide bonds. The molecule has 2 rings (SSSR count). The minimum atomic E-state index is -1.39. The molecule has 0 fully saturated rings. The Labute approximate surface area is 111 Å². The normalized spacial score (nSPS) is 10.1. The van der Waals surface area contributed by atoms with Crippen LogP contribution in [-0.2, 0) is 0 Å². The standard InChI is InChI=1S/C12H9FN2O5/c1-19-9-10(16)14-5-15-11(9)20-6-2-3-7(12(17)18)8(13)4-6/h2-5H,1H3,(H,17,18)(H,14,15,16). The third-order valence-corrected chi connectivity index (χ3v) is 2.37. The zero-order chi connectivity index (χ0) is 14.7. The van der Waals surface area contributed by atoms with Gasteiger partial charge < -0.3 is 19.6 Å². The molecule has 1 aromatic carbocycles. The molecule has 104 valence electrons. The highest BCUT2D eigenvalue weighted by molar-refractivity contribution is 5.88. The molecule has 1 heterocycles. The van der Waals surface area contributed by atoms with E-state index < -0.39 is 22.9 Å². The first kappa shape index (κ1) is 13.5. The Hall–Kier alpha value is -2.90. The number of halogens is 1. The lowest BCUT2D eigenvalue weighted by Crippen LogP contribution is -2.11. The van der Waals surface area contributed by atoms with Crippen LogP contribution < -0.4 is 15.0 Å². The Morgan fingerprint density at radius 2 is 2.20 bits per heavy atom. The van der Waals surface area contributed by atoms with Gasteiger partial charge in [0.15, 0.2) is 0 Å². The number of carbonyl (C=O) groups is 1. The van der Waals surface area contributed by atoms with Gasteiger partial charge >= 0.3 is 5.97 Å². The number of aromatic carboxylic acids is 1. The van der Waals surface area contributed by atoms with E-state index in [4.69, 9.17) is 14.6 Å². The van der Waals surface area contributed by atoms with E-state index in [1.165, 1.54) is 13.2 Å². The number of nitrogens with one attached hydrogen (secondary N) is 1. The maximum Gasteiger partial charge on any atom is 0.338 e. The molecule has 2 N–H and O–H groups in total. The maximum absolute atomic E-state index is 13.5. The molecular formula is C12H9FN2O5. The average Bonchev–Trinajstić information content (AvgIpc) is 2.38. The van der Waals surface area contributed by atoms with Crippen LogP contribution in [0.15, 0.2) is 29.3 Å². The summed E-state index contributed by atoms with van der Waals surface area (Å²) in [6.07, 6.45) is 1.10. The Balaban J connectivity index is 2.36. The summed E-state index contributed by atoms with van der Waals surface area (Å²) in [4.78, 5) is 28.1. The molecule has 0 radical (unpaired) electrons. The quantitative estimate of drug-likeness (QED) is 0.878. The molecule has 0 aliphatic rings. The monoisotopic (exact) mass is 280 g/mol. The van der Waals surface area contributed by atoms with Gasteiger partial charge in [0.1, 0.15) is 11.6 Å². The molecular weight excluding hydrogens is 271 g/mol. The van der Waals surface area contributed by atoms with Crippen LogP contribution in [0.3, 0.4) is 0 Å². The lowest BCUT2D eigenvalue weighted by Gasteiger charge is -2.08. The van der Waals surface area contributed by atoms with Crippen molar-refractivity contribution in [3.63, 3.8) is 0 Å². The van der Waals surface area contributed by atoms with Crippen LogP contribution in [0.4, 0.5) is 4.39 Å². The topological polar surface area (TPSA) is 102 Å². The molecule has 8 heteroatoms. The Kier molecular flexibility index (Phi) is 3.65. The number of carboxylic acid groups (broad SMARTS) is 1. The van der Waals surface area contributed by atoms with Gasteiger partial charge in [-0.3, -0.25) is 4.79 Å². The van der Waals surface area contributed by atoms with Crippen molar-refractivity contribution >= 4 is 5.97 Å². The highest BCUT2D eigenvalue weighted by atomic mass is 19.1. The fraction of sp³-hybridized carbons (Fsp3) is 0.0833. The second-order valence-electron chi connectivity index (χ2n) is 3.62. The SMILES string of the molecule is COc1c(Oc2ccc(C(=O)O)c(F)c2)nc[nH]c1=O. The van der Waals surface area contributed by atoms with Crippen LogP contribution in [0.5, 0.6) is 17.4 Å². The van der Waals surface area contributed by atoms with Gasteiger partial charge in [-0.15, -0.1) is 0 Å². The van der Waals surface area contributed by atoms with Crippen molar-refractivity contribution in [1.82, 2.24) is 9.97 Å². The van der Waals surface area contributed by atoms with E-state index in [9.17, 15) is 14.0 Å². The number of rotatable bonds is 4. The predicted molar refractivity (Wildman–Crippen MR) is 64.8 cm³/mol. The molecule has 20 heavy (non-hydrogen) atoms. The fourth-order valence-electron chi connectivity index (χ4n) is 1.47. The summed E-state index contributed by atoms with van der Waals surface area (Å²) in [5, 5.41) is 8.71. The number of methoxy groups -OCH3 is 1. The second-order valence-corrected chi connectivity index (χ2v) is 3.62. The third-order valence-electron chi connectivity index (χ3n) is 2.37. The summed E-state index contributed by atoms with van der Waals surface area (Å²) >= 11 is 0. The van der Waals surface area contributed by atoms with Gasteiger partial charge in [0.2, 0.25) is 5.75 Å². The van der Waals surface area contributed by atoms with Crippen LogP contribution >= 0.6 is 0 Å². The van der Waals surface area contributed by atoms with Gasteiger partial charge in [-0.2, -0.15) is 0 Å². The number of ether oxygens (including phenoxy) is 2. The molecule has 0 saturated heterocycles. The van der Waals surface area contributed by atoms with Crippen molar-refractivity contribution in [3.8, 4) is 17.4 Å². The average molecular weight is 280 g/mol. The number of benzene rings is 1. The molecule has 0 spiro atoms. The molecule has 2 aromatic rings. The molecule has 0 saturated carbocycles. The van der Waals surface area contributed by atoms with Crippen molar-refractivity contribution < 1.29 is 23.8 Å². The number of aromatic amines is 1. The first-order chi connectivity index (χ1) is 9.52. The zero-order valence-corrected chi connectivity index (χ0v) is 10.2. The number of aromatic nitrogens is 2. The van der Waals surface area contributed by atoms with Crippen LogP contribution in [-0.4, -0.2) is 28.2 Å². The summed E-state index contributed by atoms with van der Waals surface area (Å²) in [5.74, 6) is -2.68. The Morgan fingerprint density at radius 3 is 2.80 bits per heavy atom. The number of hydrogen-bond acceptors (Lipinski definition) is 5. The van der Waals surface area contributed by atoms with Crippen molar-refractivity contribution in [2.75, 3.05) is 7.11 Å². The second kappa shape index (κ2) is 5.39. The molecule has 0 aliphatic heterocycles. The summed E-state index contributed by atoms with van der Waals surface area (Å²) in [5.41, 5.74) is -1.04. The van der Waals surface area contributed by atoms with Gasteiger partial charge in [0, 0.05) is 6.07 Å². The van der Waals surface area contributed by atoms with E-state index >= 15 is 0 Å². The molecule has 7 nitrogen and oxygen atoms in total. The summed E-state index contributed by atoms with van der Waals surface area (Å²) in [6.45, 7) is 0. The fourth-order valence-corrected chi connectivity index (χ4v) is 1.47. The van der Waals surface area contributed by atoms with Crippen molar-refractivity contribution in [2.45, 2.75) is 0 Å². The predicted octanol–water partition coefficient (Wildman–Crippen LogP) is 1.41. The van der Waals surface area contributed by atoms with Crippen LogP contribution in [0.1, 0.15) is 10.4 Å². The van der Waals surface area contributed by atoms with Crippen LogP contribution in [0.2, 0.25) is 0 Å². The first-order valence-corrected chi connectivity index (χ1v) is 5.35. The lowest BCUT2D eigenvalue weighted by molar-refractivity contribution is 0.0692. The Bertz CT molecular complexity index is 713. The van der Waals surface area contributed by atoms with E-state index in [-0.39, 0.29) is 17.4 Å². The Morgan fingerprint density at radius 1 is 1.45 bits per heavy atom. The van der Waals surface area contributed by atoms with Gasteiger partial charge in [-0.25, -0.2) is 14.2 Å². The highest BCUT2D eigenvalue weighted by Crippen LogP contribution is 2.26. The largest absolute Gasteiger partial charge is 0.487 e. The van der Waals surface area contributed by atoms with Crippen molar-refractivity contribution in [2.24, 2.45) is 0 Å². The van der Waals surface area contributed by atoms with E-state index in [1.54, 1.807) is 0 Å². The zero-order valence-electron chi connectivity index (χ0n) is 10.2. The van der Waals surface area contributed by atoms with E-state index in [0.29, 0.717) is 0 Å². The van der Waals surface area contributed by atoms with Gasteiger partial charge in [-0.05, 0) is 12.1 Å². The van der Waals surface area contributed by atoms with E-state index in [1.807, 2.05) is 0 Å². The summed E-state index contributed by atoms with van der Waals surface area (Å²) < 4.78 is 23.5. The number of nitrogens with zero attached hydrogens (tertiary/aromatic N) is 1. The highest BCUT2D eigenvalue weighted by Gasteiger charge is 2.14. The molecule has 0 bridgehead atoms. The summed E-state index contributed by atoms with van der Waals surface area (Å²) in [7, 11) is 1.26. The number of hydrogen-bond donors (Lipinski definition) is 2. The summed E-state index contributed by atoms with van der Waals surface area (Å²) in [6, 6.07) is 3.17. The molecule has 0 atom stereocenters. The number of carboxylic acids is 1. The maximum atomic E-state index is 13.5. The van der Waals surface area contributed by atoms with Gasteiger partial charge in [-0.1, -0.05) is 0 Å². The number of H-pyrrole nitrogens is 1. The van der Waals surface area contributed by atoms with Crippen LogP contribution in [0.25, 0.3) is 0 Å². The van der Waals surface area contributed by atoms with Gasteiger partial charge in [0.25, 0.3) is 11.4 Å². The lowest BCUT2D eigenvalue weighted by atomic mass is 10.2. The van der Waals surface area contributed by atoms with Crippen molar-refractivity contribution in [3.05, 3.63) is 46.3 Å².